The molecule has 8 heteroatoms. The molecule has 1 heterocycles. The van der Waals surface area contributed by atoms with Crippen molar-refractivity contribution in [3.05, 3.63) is 63.8 Å². The number of aliphatic carboxylic acids is 1. The number of phenolic OH excluding ortho intramolecular Hbond substituents is 1. The summed E-state index contributed by atoms with van der Waals surface area (Å²) >= 11 is 5.69. The predicted molar refractivity (Wildman–Crippen MR) is 109 cm³/mol. The molecular formula is C22H20ClF2NO4. The van der Waals surface area contributed by atoms with Crippen molar-refractivity contribution in [2.24, 2.45) is 5.92 Å². The summed E-state index contributed by atoms with van der Waals surface area (Å²) in [6.45, 7) is 5.04. The van der Waals surface area contributed by atoms with Gasteiger partial charge >= 0.3 is 5.97 Å². The molecule has 0 saturated heterocycles. The molecule has 0 fully saturated rings. The molecular weight excluding hydrogens is 416 g/mol. The lowest BCUT2D eigenvalue weighted by atomic mass is 9.84. The van der Waals surface area contributed by atoms with Crippen LogP contribution in [-0.4, -0.2) is 26.7 Å². The van der Waals surface area contributed by atoms with Gasteiger partial charge in [0.25, 0.3) is 5.91 Å². The Balaban J connectivity index is 2.38. The van der Waals surface area contributed by atoms with Gasteiger partial charge in [-0.15, -0.1) is 0 Å². The molecule has 0 radical (unpaired) electrons. The van der Waals surface area contributed by atoms with Gasteiger partial charge in [-0.25, -0.2) is 8.78 Å². The first-order valence-electron chi connectivity index (χ1n) is 9.35. The highest BCUT2D eigenvalue weighted by atomic mass is 35.5. The van der Waals surface area contributed by atoms with Gasteiger partial charge in [0.15, 0.2) is 11.6 Å². The van der Waals surface area contributed by atoms with E-state index in [1.807, 2.05) is 6.92 Å². The Labute approximate surface area is 176 Å². The fourth-order valence-electron chi connectivity index (χ4n) is 3.77. The molecule has 0 amide bonds. The Hall–Kier alpha value is -2.93. The number of carboxylic acids is 1. The largest absolute Gasteiger partial charge is 0.505 e. The van der Waals surface area contributed by atoms with Crippen molar-refractivity contribution in [1.82, 2.24) is 4.57 Å². The van der Waals surface area contributed by atoms with Crippen molar-refractivity contribution < 1.29 is 28.6 Å². The van der Waals surface area contributed by atoms with Crippen LogP contribution in [0.4, 0.5) is 8.78 Å². The Morgan fingerprint density at radius 2 is 1.87 bits per heavy atom. The highest BCUT2D eigenvalue weighted by Crippen LogP contribution is 2.40. The monoisotopic (exact) mass is 435 g/mol. The molecule has 0 bridgehead atoms. The summed E-state index contributed by atoms with van der Waals surface area (Å²) in [5.74, 6) is -5.76. The van der Waals surface area contributed by atoms with Gasteiger partial charge in [-0.1, -0.05) is 31.9 Å². The highest BCUT2D eigenvalue weighted by molar-refractivity contribution is 6.30. The number of halogens is 3. The molecule has 3 aromatic rings. The van der Waals surface area contributed by atoms with E-state index in [0.29, 0.717) is 6.42 Å². The van der Waals surface area contributed by atoms with E-state index in [1.165, 1.54) is 25.1 Å². The van der Waals surface area contributed by atoms with Gasteiger partial charge in [0, 0.05) is 16.6 Å². The number of rotatable bonds is 5. The standard InChI is InChI=1S/C22H20ClF2NO4/c1-4-10(2)17(22(29)30)18-11(3)26(15-7-8-16(27)20(25)19(15)18)21(28)12-5-6-13(23)14(24)9-12/h5-10,17,27H,4H2,1-3H3,(H,29,30). The van der Waals surface area contributed by atoms with Crippen molar-refractivity contribution in [3.63, 3.8) is 0 Å². The number of aromatic nitrogens is 1. The third-order valence-corrected chi connectivity index (χ3v) is 5.80. The number of hydrogen-bond donors (Lipinski definition) is 2. The highest BCUT2D eigenvalue weighted by Gasteiger charge is 2.34. The fourth-order valence-corrected chi connectivity index (χ4v) is 3.88. The van der Waals surface area contributed by atoms with Gasteiger partial charge in [0.05, 0.1) is 16.5 Å². The Kier molecular flexibility index (Phi) is 5.85. The molecule has 0 aliphatic rings. The van der Waals surface area contributed by atoms with Crippen LogP contribution in [0, 0.1) is 24.5 Å². The molecule has 0 aliphatic heterocycles. The maximum atomic E-state index is 15.0. The summed E-state index contributed by atoms with van der Waals surface area (Å²) < 4.78 is 30.0. The smallest absolute Gasteiger partial charge is 0.311 e. The van der Waals surface area contributed by atoms with Crippen molar-refractivity contribution in [2.75, 3.05) is 0 Å². The zero-order chi connectivity index (χ0) is 22.3. The van der Waals surface area contributed by atoms with E-state index >= 15 is 0 Å². The van der Waals surface area contributed by atoms with E-state index < -0.39 is 35.2 Å². The van der Waals surface area contributed by atoms with E-state index in [1.54, 1.807) is 6.92 Å². The Morgan fingerprint density at radius 1 is 1.20 bits per heavy atom. The molecule has 158 valence electrons. The Morgan fingerprint density at radius 3 is 2.43 bits per heavy atom. The zero-order valence-electron chi connectivity index (χ0n) is 16.5. The average Bonchev–Trinajstić information content (AvgIpc) is 2.98. The molecule has 2 atom stereocenters. The molecule has 0 saturated carbocycles. The van der Waals surface area contributed by atoms with Crippen LogP contribution in [0.5, 0.6) is 5.75 Å². The van der Waals surface area contributed by atoms with Crippen LogP contribution in [0.25, 0.3) is 10.9 Å². The fraction of sp³-hybridized carbons (Fsp3) is 0.273. The lowest BCUT2D eigenvalue weighted by Gasteiger charge is -2.20. The first kappa shape index (κ1) is 21.8. The van der Waals surface area contributed by atoms with Crippen LogP contribution in [0.3, 0.4) is 0 Å². The second-order valence-electron chi connectivity index (χ2n) is 7.26. The number of carboxylic acid groups (broad SMARTS) is 1. The van der Waals surface area contributed by atoms with Gasteiger partial charge in [-0.2, -0.15) is 0 Å². The number of carbonyl (C=O) groups is 2. The first-order valence-corrected chi connectivity index (χ1v) is 9.72. The SMILES string of the molecule is CCC(C)C(C(=O)O)c1c(C)n(C(=O)c2ccc(Cl)c(F)c2)c2ccc(O)c(F)c12. The quantitative estimate of drug-likeness (QED) is 0.555. The summed E-state index contributed by atoms with van der Waals surface area (Å²) in [5, 5.41) is 19.5. The molecule has 0 spiro atoms. The van der Waals surface area contributed by atoms with E-state index in [4.69, 9.17) is 11.6 Å². The molecule has 5 nitrogen and oxygen atoms in total. The van der Waals surface area contributed by atoms with Crippen LogP contribution in [0.1, 0.15) is 47.8 Å². The number of benzene rings is 2. The first-order chi connectivity index (χ1) is 14.1. The summed E-state index contributed by atoms with van der Waals surface area (Å²) in [7, 11) is 0. The number of fused-ring (bicyclic) bond motifs is 1. The number of carbonyl (C=O) groups excluding carboxylic acids is 1. The number of nitrogens with zero attached hydrogens (tertiary/aromatic N) is 1. The van der Waals surface area contributed by atoms with Crippen LogP contribution >= 0.6 is 11.6 Å². The van der Waals surface area contributed by atoms with E-state index in [2.05, 4.69) is 0 Å². The van der Waals surface area contributed by atoms with Crippen molar-refractivity contribution >= 4 is 34.4 Å². The lowest BCUT2D eigenvalue weighted by molar-refractivity contribution is -0.140. The maximum absolute atomic E-state index is 15.0. The van der Waals surface area contributed by atoms with Gasteiger partial charge in [0.2, 0.25) is 0 Å². The minimum absolute atomic E-state index is 0.0349. The number of phenols is 1. The van der Waals surface area contributed by atoms with Crippen molar-refractivity contribution in [3.8, 4) is 5.75 Å². The van der Waals surface area contributed by atoms with Gasteiger partial charge in [-0.05, 0) is 48.7 Å². The molecule has 3 rings (SSSR count). The van der Waals surface area contributed by atoms with E-state index in [9.17, 15) is 28.6 Å². The van der Waals surface area contributed by atoms with Crippen LogP contribution in [0.2, 0.25) is 5.02 Å². The summed E-state index contributed by atoms with van der Waals surface area (Å²) in [4.78, 5) is 25.3. The molecule has 2 unspecified atom stereocenters. The summed E-state index contributed by atoms with van der Waals surface area (Å²) in [6.07, 6.45) is 0.500. The van der Waals surface area contributed by atoms with E-state index in [-0.39, 0.29) is 38.7 Å². The predicted octanol–water partition coefficient (Wildman–Crippen LogP) is 5.49. The molecule has 2 N–H and O–H groups in total. The minimum atomic E-state index is -1.17. The second kappa shape index (κ2) is 8.07. The molecule has 2 aromatic carbocycles. The van der Waals surface area contributed by atoms with E-state index in [0.717, 1.165) is 16.7 Å². The topological polar surface area (TPSA) is 79.5 Å². The van der Waals surface area contributed by atoms with Crippen LogP contribution < -0.4 is 0 Å². The van der Waals surface area contributed by atoms with Crippen molar-refractivity contribution in [1.29, 1.82) is 0 Å². The number of aromatic hydroxyl groups is 1. The third-order valence-electron chi connectivity index (χ3n) is 5.49. The second-order valence-corrected chi connectivity index (χ2v) is 7.67. The minimum Gasteiger partial charge on any atom is -0.505 e. The van der Waals surface area contributed by atoms with Gasteiger partial charge in [0.1, 0.15) is 5.82 Å². The normalized spacial score (nSPS) is 13.4. The summed E-state index contributed by atoms with van der Waals surface area (Å²) in [5.41, 5.74) is 0.380. The van der Waals surface area contributed by atoms with Crippen molar-refractivity contribution in [2.45, 2.75) is 33.1 Å². The van der Waals surface area contributed by atoms with Gasteiger partial charge < -0.3 is 10.2 Å². The van der Waals surface area contributed by atoms with Crippen LogP contribution in [0.15, 0.2) is 30.3 Å². The third kappa shape index (κ3) is 3.43. The zero-order valence-corrected chi connectivity index (χ0v) is 17.3. The molecule has 0 aliphatic carbocycles. The lowest BCUT2D eigenvalue weighted by Crippen LogP contribution is -2.21. The van der Waals surface area contributed by atoms with Crippen LogP contribution in [-0.2, 0) is 4.79 Å². The van der Waals surface area contributed by atoms with Gasteiger partial charge in [-0.3, -0.25) is 14.2 Å². The average molecular weight is 436 g/mol. The maximum Gasteiger partial charge on any atom is 0.311 e. The Bertz CT molecular complexity index is 1170. The molecule has 30 heavy (non-hydrogen) atoms. The molecule has 1 aromatic heterocycles. The number of hydrogen-bond acceptors (Lipinski definition) is 3. The summed E-state index contributed by atoms with van der Waals surface area (Å²) in [6, 6.07) is 5.96.